The molecule has 0 bridgehead atoms. The average Bonchev–Trinajstić information content (AvgIpc) is 2.68. The van der Waals surface area contributed by atoms with Crippen LogP contribution in [0, 0.1) is 0 Å². The summed E-state index contributed by atoms with van der Waals surface area (Å²) in [6.07, 6.45) is -3.31. The Kier molecular flexibility index (Phi) is 5.46. The minimum Gasteiger partial charge on any atom is -0.465 e. The van der Waals surface area contributed by atoms with Crippen molar-refractivity contribution in [3.63, 3.8) is 0 Å². The number of nitrogens with zero attached hydrogens (tertiary/aromatic N) is 1. The summed E-state index contributed by atoms with van der Waals surface area (Å²) in [7, 11) is 0. The monoisotopic (exact) mass is 303 g/mol. The molecule has 0 aromatic heterocycles. The van der Waals surface area contributed by atoms with E-state index in [1.807, 2.05) is 10.6 Å². The van der Waals surface area contributed by atoms with Gasteiger partial charge < -0.3 is 25.7 Å². The molecule has 0 saturated carbocycles. The highest BCUT2D eigenvalue weighted by Gasteiger charge is 2.35. The van der Waals surface area contributed by atoms with E-state index in [2.05, 4.69) is 4.84 Å². The molecule has 1 aliphatic rings. The van der Waals surface area contributed by atoms with Crippen LogP contribution in [0.3, 0.4) is 0 Å². The Morgan fingerprint density at radius 1 is 1.14 bits per heavy atom. The summed E-state index contributed by atoms with van der Waals surface area (Å²) in [6, 6.07) is -1.42. The molecule has 0 aromatic rings. The quantitative estimate of drug-likeness (QED) is 0.449. The zero-order valence-electron chi connectivity index (χ0n) is 10.7. The van der Waals surface area contributed by atoms with Crippen LogP contribution in [-0.2, 0) is 19.2 Å². The molecule has 0 spiro atoms. The molecular weight excluding hydrogens is 290 g/mol. The van der Waals surface area contributed by atoms with E-state index in [9.17, 15) is 24.0 Å². The molecule has 21 heavy (non-hydrogen) atoms. The van der Waals surface area contributed by atoms with E-state index in [4.69, 9.17) is 10.2 Å². The van der Waals surface area contributed by atoms with E-state index in [-0.39, 0.29) is 30.9 Å². The molecule has 11 nitrogen and oxygen atoms in total. The molecule has 116 valence electrons. The summed E-state index contributed by atoms with van der Waals surface area (Å²) in [5.74, 6) is -2.58. The second-order valence-corrected chi connectivity index (χ2v) is 4.01. The van der Waals surface area contributed by atoms with E-state index < -0.39 is 36.0 Å². The van der Waals surface area contributed by atoms with Gasteiger partial charge in [-0.1, -0.05) is 0 Å². The van der Waals surface area contributed by atoms with Crippen LogP contribution in [0.1, 0.15) is 19.3 Å². The number of carbonyl (C=O) groups excluding carboxylic acids is 3. The molecule has 1 fully saturated rings. The van der Waals surface area contributed by atoms with Gasteiger partial charge in [-0.2, -0.15) is 0 Å². The lowest BCUT2D eigenvalue weighted by atomic mass is 10.2. The van der Waals surface area contributed by atoms with Crippen LogP contribution in [-0.4, -0.2) is 57.8 Å². The first-order valence-electron chi connectivity index (χ1n) is 5.85. The first-order chi connectivity index (χ1) is 9.81. The summed E-state index contributed by atoms with van der Waals surface area (Å²) >= 11 is 0. The van der Waals surface area contributed by atoms with Gasteiger partial charge in [-0.15, -0.1) is 5.06 Å². The van der Waals surface area contributed by atoms with Crippen LogP contribution in [0.15, 0.2) is 0 Å². The van der Waals surface area contributed by atoms with Crippen LogP contribution in [0.2, 0.25) is 0 Å². The molecule has 0 radical (unpaired) electrons. The minimum atomic E-state index is -1.54. The zero-order valence-corrected chi connectivity index (χ0v) is 10.7. The zero-order chi connectivity index (χ0) is 16.0. The topological polar surface area (TPSA) is 162 Å². The Morgan fingerprint density at radius 2 is 1.71 bits per heavy atom. The van der Waals surface area contributed by atoms with Crippen molar-refractivity contribution in [3.05, 3.63) is 0 Å². The summed E-state index contributed by atoms with van der Waals surface area (Å²) < 4.78 is 0. The maximum Gasteiger partial charge on any atom is 0.405 e. The van der Waals surface area contributed by atoms with E-state index in [1.165, 1.54) is 0 Å². The fourth-order valence-corrected chi connectivity index (χ4v) is 1.53. The first-order valence-corrected chi connectivity index (χ1v) is 5.85. The van der Waals surface area contributed by atoms with Crippen molar-refractivity contribution in [3.8, 4) is 0 Å². The summed E-state index contributed by atoms with van der Waals surface area (Å²) in [4.78, 5) is 59.7. The van der Waals surface area contributed by atoms with Crippen molar-refractivity contribution in [2.45, 2.75) is 25.3 Å². The van der Waals surface area contributed by atoms with Crippen LogP contribution in [0.25, 0.3) is 0 Å². The standard InChI is InChI=1S/C10H13N3O8/c14-6-1-2-7(15)13(6)21-8(16)5(12-10(19)20)3-4-11-9(17)18/h5,11-12H,1-4H2,(H,17,18)(H,19,20). The average molecular weight is 303 g/mol. The van der Waals surface area contributed by atoms with E-state index >= 15 is 0 Å². The van der Waals surface area contributed by atoms with Crippen LogP contribution in [0.4, 0.5) is 9.59 Å². The Balaban J connectivity index is 2.61. The lowest BCUT2D eigenvalue weighted by molar-refractivity contribution is -0.198. The minimum absolute atomic E-state index is 0.0935. The van der Waals surface area contributed by atoms with Crippen LogP contribution >= 0.6 is 0 Å². The van der Waals surface area contributed by atoms with Gasteiger partial charge in [-0.25, -0.2) is 14.4 Å². The van der Waals surface area contributed by atoms with Gasteiger partial charge in [0.25, 0.3) is 11.8 Å². The van der Waals surface area contributed by atoms with Gasteiger partial charge in [0.2, 0.25) is 0 Å². The van der Waals surface area contributed by atoms with E-state index in [0.717, 1.165) is 0 Å². The number of imide groups is 1. The number of hydrogen-bond acceptors (Lipinski definition) is 6. The second-order valence-electron chi connectivity index (χ2n) is 4.01. The van der Waals surface area contributed by atoms with Gasteiger partial charge >= 0.3 is 18.2 Å². The van der Waals surface area contributed by atoms with Crippen molar-refractivity contribution in [1.29, 1.82) is 0 Å². The predicted molar refractivity (Wildman–Crippen MR) is 62.8 cm³/mol. The van der Waals surface area contributed by atoms with Gasteiger partial charge in [0, 0.05) is 19.4 Å². The molecule has 1 aliphatic heterocycles. The number of nitrogens with one attached hydrogen (secondary N) is 2. The maximum absolute atomic E-state index is 11.7. The molecule has 4 amide bonds. The second kappa shape index (κ2) is 7.07. The van der Waals surface area contributed by atoms with Crippen LogP contribution < -0.4 is 10.6 Å². The molecule has 1 unspecified atom stereocenters. The molecule has 1 saturated heterocycles. The third-order valence-corrected chi connectivity index (χ3v) is 2.48. The van der Waals surface area contributed by atoms with Gasteiger partial charge in [0.15, 0.2) is 0 Å². The molecule has 1 heterocycles. The number of rotatable bonds is 6. The highest BCUT2D eigenvalue weighted by atomic mass is 16.7. The molecule has 0 aliphatic carbocycles. The third-order valence-electron chi connectivity index (χ3n) is 2.48. The predicted octanol–water partition coefficient (Wildman–Crippen LogP) is -1.11. The van der Waals surface area contributed by atoms with Crippen molar-refractivity contribution >= 4 is 30.0 Å². The Morgan fingerprint density at radius 3 is 2.19 bits per heavy atom. The number of carbonyl (C=O) groups is 5. The van der Waals surface area contributed by atoms with E-state index in [1.54, 1.807) is 0 Å². The smallest absolute Gasteiger partial charge is 0.405 e. The normalized spacial score (nSPS) is 15.5. The van der Waals surface area contributed by atoms with Crippen LogP contribution in [0.5, 0.6) is 0 Å². The number of hydroxylamine groups is 2. The van der Waals surface area contributed by atoms with Gasteiger partial charge in [0.1, 0.15) is 6.04 Å². The first kappa shape index (κ1) is 16.2. The number of hydrogen-bond donors (Lipinski definition) is 4. The summed E-state index contributed by atoms with van der Waals surface area (Å²) in [6.45, 7) is -0.225. The summed E-state index contributed by atoms with van der Waals surface area (Å²) in [5, 5.41) is 21.0. The van der Waals surface area contributed by atoms with E-state index in [0.29, 0.717) is 0 Å². The number of carboxylic acid groups (broad SMARTS) is 2. The Hall–Kier alpha value is -2.85. The Labute approximate surface area is 117 Å². The molecule has 1 atom stereocenters. The van der Waals surface area contributed by atoms with Crippen molar-refractivity contribution in [2.75, 3.05) is 6.54 Å². The summed E-state index contributed by atoms with van der Waals surface area (Å²) in [5.41, 5.74) is 0. The fourth-order valence-electron chi connectivity index (χ4n) is 1.53. The molecule has 11 heteroatoms. The van der Waals surface area contributed by atoms with Gasteiger partial charge in [0.05, 0.1) is 0 Å². The van der Waals surface area contributed by atoms with Gasteiger partial charge in [-0.05, 0) is 6.42 Å². The lowest BCUT2D eigenvalue weighted by Crippen LogP contribution is -2.46. The molecule has 0 aromatic carbocycles. The lowest BCUT2D eigenvalue weighted by Gasteiger charge is -2.18. The van der Waals surface area contributed by atoms with Crippen molar-refractivity contribution in [2.24, 2.45) is 0 Å². The molecule has 1 rings (SSSR count). The van der Waals surface area contributed by atoms with Gasteiger partial charge in [-0.3, -0.25) is 9.59 Å². The maximum atomic E-state index is 11.7. The SMILES string of the molecule is O=C(O)NCCC(NC(=O)O)C(=O)ON1C(=O)CCC1=O. The number of amides is 4. The highest BCUT2D eigenvalue weighted by molar-refractivity contribution is 6.01. The molecule has 4 N–H and O–H groups in total. The van der Waals surface area contributed by atoms with Crippen molar-refractivity contribution in [1.82, 2.24) is 15.7 Å². The van der Waals surface area contributed by atoms with Crippen molar-refractivity contribution < 1.29 is 39.0 Å². The fraction of sp³-hybridized carbons (Fsp3) is 0.500. The Bertz CT molecular complexity index is 461. The highest BCUT2D eigenvalue weighted by Crippen LogP contribution is 2.13. The third kappa shape index (κ3) is 4.97. The molecular formula is C10H13N3O8. The largest absolute Gasteiger partial charge is 0.465 e.